The quantitative estimate of drug-likeness (QED) is 0.708. The molecule has 0 atom stereocenters. The summed E-state index contributed by atoms with van der Waals surface area (Å²) in [5, 5.41) is 0. The zero-order chi connectivity index (χ0) is 9.80. The fourth-order valence-corrected chi connectivity index (χ4v) is 1.94. The molecule has 1 aliphatic rings. The first-order chi connectivity index (χ1) is 6.90. The van der Waals surface area contributed by atoms with Gasteiger partial charge in [-0.05, 0) is 31.0 Å². The van der Waals surface area contributed by atoms with Crippen molar-refractivity contribution in [1.29, 1.82) is 0 Å². The van der Waals surface area contributed by atoms with Crippen molar-refractivity contribution in [2.75, 3.05) is 25.1 Å². The second-order valence-electron chi connectivity index (χ2n) is 3.68. The minimum Gasteiger partial charge on any atom is -0.381 e. The van der Waals surface area contributed by atoms with Crippen molar-refractivity contribution in [1.82, 2.24) is 0 Å². The molecular weight excluding hydrogens is 174 g/mol. The molecule has 0 aromatic heterocycles. The normalized spacial score (nSPS) is 18.5. The molecule has 1 saturated heterocycles. The summed E-state index contributed by atoms with van der Waals surface area (Å²) in [4.78, 5) is 2.41. The fraction of sp³-hybridized carbons (Fsp3) is 0.500. The summed E-state index contributed by atoms with van der Waals surface area (Å²) in [7, 11) is 1.80. The van der Waals surface area contributed by atoms with Gasteiger partial charge in [-0.1, -0.05) is 12.1 Å². The van der Waals surface area contributed by atoms with Crippen molar-refractivity contribution in [2.45, 2.75) is 18.9 Å². The van der Waals surface area contributed by atoms with Gasteiger partial charge < -0.3 is 9.64 Å². The van der Waals surface area contributed by atoms with Gasteiger partial charge in [0.2, 0.25) is 0 Å². The van der Waals surface area contributed by atoms with Gasteiger partial charge in [0, 0.05) is 25.9 Å². The third kappa shape index (κ3) is 2.07. The average molecular weight is 190 g/mol. The Labute approximate surface area is 85.5 Å². The van der Waals surface area contributed by atoms with Gasteiger partial charge >= 0.3 is 0 Å². The first-order valence-corrected chi connectivity index (χ1v) is 5.14. The van der Waals surface area contributed by atoms with Crippen LogP contribution in [0.25, 0.3) is 0 Å². The van der Waals surface area contributed by atoms with E-state index in [1.807, 2.05) is 12.1 Å². The molecule has 2 heteroatoms. The van der Waals surface area contributed by atoms with E-state index in [-0.39, 0.29) is 0 Å². The molecule has 1 fully saturated rings. The monoisotopic (exact) mass is 190 g/mol. The fourth-order valence-electron chi connectivity index (χ4n) is 1.94. The maximum absolute atomic E-state index is 5.34. The summed E-state index contributed by atoms with van der Waals surface area (Å²) in [5.41, 5.74) is 1.30. The molecule has 1 aromatic carbocycles. The lowest BCUT2D eigenvalue weighted by Crippen LogP contribution is -2.36. The van der Waals surface area contributed by atoms with Crippen LogP contribution in [-0.2, 0) is 4.74 Å². The smallest absolute Gasteiger partial charge is 0.0605 e. The number of piperidine rings is 1. The summed E-state index contributed by atoms with van der Waals surface area (Å²) >= 11 is 0. The Morgan fingerprint density at radius 3 is 2.50 bits per heavy atom. The highest BCUT2D eigenvalue weighted by molar-refractivity contribution is 5.45. The van der Waals surface area contributed by atoms with Gasteiger partial charge in [0.15, 0.2) is 0 Å². The summed E-state index contributed by atoms with van der Waals surface area (Å²) in [6.07, 6.45) is 2.73. The van der Waals surface area contributed by atoms with Crippen molar-refractivity contribution >= 4 is 5.69 Å². The van der Waals surface area contributed by atoms with E-state index < -0.39 is 0 Å². The third-order valence-corrected chi connectivity index (χ3v) is 2.84. The van der Waals surface area contributed by atoms with Gasteiger partial charge in [-0.15, -0.1) is 0 Å². The zero-order valence-electron chi connectivity index (χ0n) is 8.57. The Morgan fingerprint density at radius 1 is 1.29 bits per heavy atom. The molecule has 2 rings (SSSR count). The molecule has 1 heterocycles. The number of hydrogen-bond donors (Lipinski definition) is 0. The molecule has 0 bridgehead atoms. The number of nitrogens with zero attached hydrogens (tertiary/aromatic N) is 1. The van der Waals surface area contributed by atoms with E-state index in [9.17, 15) is 0 Å². The van der Waals surface area contributed by atoms with Crippen molar-refractivity contribution in [3.63, 3.8) is 0 Å². The van der Waals surface area contributed by atoms with Crippen LogP contribution in [0.1, 0.15) is 12.8 Å². The maximum atomic E-state index is 5.34. The van der Waals surface area contributed by atoms with Crippen molar-refractivity contribution in [2.24, 2.45) is 0 Å². The topological polar surface area (TPSA) is 12.5 Å². The Bertz CT molecular complexity index is 265. The van der Waals surface area contributed by atoms with Gasteiger partial charge in [-0.25, -0.2) is 0 Å². The summed E-state index contributed by atoms with van der Waals surface area (Å²) < 4.78 is 5.34. The largest absolute Gasteiger partial charge is 0.381 e. The lowest BCUT2D eigenvalue weighted by molar-refractivity contribution is 0.0819. The van der Waals surface area contributed by atoms with Crippen LogP contribution >= 0.6 is 0 Å². The van der Waals surface area contributed by atoms with Crippen LogP contribution in [0.15, 0.2) is 24.3 Å². The molecule has 0 amide bonds. The van der Waals surface area contributed by atoms with E-state index in [0.717, 1.165) is 25.9 Å². The average Bonchev–Trinajstić information content (AvgIpc) is 2.30. The van der Waals surface area contributed by atoms with Crippen molar-refractivity contribution in [3.05, 3.63) is 30.3 Å². The number of hydrogen-bond acceptors (Lipinski definition) is 2. The second kappa shape index (κ2) is 4.47. The van der Waals surface area contributed by atoms with Gasteiger partial charge in [-0.3, -0.25) is 0 Å². The molecule has 0 unspecified atom stereocenters. The summed E-state index contributed by atoms with van der Waals surface area (Å²) in [6, 6.07) is 11.2. The highest BCUT2D eigenvalue weighted by atomic mass is 16.5. The molecule has 1 aliphatic heterocycles. The Balaban J connectivity index is 1.96. The minimum atomic E-state index is 0.460. The van der Waals surface area contributed by atoms with Gasteiger partial charge in [0.25, 0.3) is 0 Å². The molecule has 0 N–H and O–H groups in total. The molecule has 0 saturated carbocycles. The standard InChI is InChI=1S/C12H16NO/c1-14-12-7-9-13(10-8-12)11-5-3-2-4-6-11/h3-6,12H,7-10H2,1H3. The molecule has 14 heavy (non-hydrogen) atoms. The molecule has 0 spiro atoms. The van der Waals surface area contributed by atoms with Crippen LogP contribution < -0.4 is 4.90 Å². The molecular formula is C12H16NO. The SMILES string of the molecule is COC1CCN(c2cc[c]cc2)CC1. The van der Waals surface area contributed by atoms with Crippen LogP contribution in [0.3, 0.4) is 0 Å². The first-order valence-electron chi connectivity index (χ1n) is 5.14. The Hall–Kier alpha value is -1.02. The number of ether oxygens (including phenoxy) is 1. The predicted octanol–water partition coefficient (Wildman–Crippen LogP) is 2.10. The Morgan fingerprint density at radius 2 is 1.93 bits per heavy atom. The second-order valence-corrected chi connectivity index (χ2v) is 3.68. The van der Waals surface area contributed by atoms with E-state index in [1.165, 1.54) is 5.69 Å². The maximum Gasteiger partial charge on any atom is 0.0605 e. The highest BCUT2D eigenvalue weighted by Gasteiger charge is 2.18. The van der Waals surface area contributed by atoms with Gasteiger partial charge in [0.1, 0.15) is 0 Å². The van der Waals surface area contributed by atoms with E-state index in [0.29, 0.717) is 6.10 Å². The third-order valence-electron chi connectivity index (χ3n) is 2.84. The first kappa shape index (κ1) is 9.53. The minimum absolute atomic E-state index is 0.460. The van der Waals surface area contributed by atoms with Crippen LogP contribution in [0.5, 0.6) is 0 Å². The van der Waals surface area contributed by atoms with Crippen LogP contribution in [-0.4, -0.2) is 26.3 Å². The van der Waals surface area contributed by atoms with Crippen molar-refractivity contribution in [3.8, 4) is 0 Å². The molecule has 1 radical (unpaired) electrons. The highest BCUT2D eigenvalue weighted by Crippen LogP contribution is 2.20. The molecule has 1 aromatic rings. The van der Waals surface area contributed by atoms with E-state index in [1.54, 1.807) is 7.11 Å². The van der Waals surface area contributed by atoms with Crippen LogP contribution in [0.4, 0.5) is 5.69 Å². The van der Waals surface area contributed by atoms with E-state index in [4.69, 9.17) is 4.74 Å². The summed E-state index contributed by atoms with van der Waals surface area (Å²) in [5.74, 6) is 0. The van der Waals surface area contributed by atoms with E-state index >= 15 is 0 Å². The Kier molecular flexibility index (Phi) is 3.04. The summed E-state index contributed by atoms with van der Waals surface area (Å²) in [6.45, 7) is 2.20. The lowest BCUT2D eigenvalue weighted by atomic mass is 10.1. The number of anilines is 1. The van der Waals surface area contributed by atoms with Gasteiger partial charge in [-0.2, -0.15) is 0 Å². The number of benzene rings is 1. The zero-order valence-corrected chi connectivity index (χ0v) is 8.57. The predicted molar refractivity (Wildman–Crippen MR) is 57.5 cm³/mol. The number of methoxy groups -OCH3 is 1. The van der Waals surface area contributed by atoms with Crippen LogP contribution in [0.2, 0.25) is 0 Å². The van der Waals surface area contributed by atoms with Crippen molar-refractivity contribution < 1.29 is 4.74 Å². The molecule has 75 valence electrons. The van der Waals surface area contributed by atoms with Gasteiger partial charge in [0.05, 0.1) is 6.10 Å². The molecule has 2 nitrogen and oxygen atoms in total. The lowest BCUT2D eigenvalue weighted by Gasteiger charge is -2.32. The molecule has 0 aliphatic carbocycles. The number of rotatable bonds is 2. The van der Waals surface area contributed by atoms with Crippen LogP contribution in [0, 0.1) is 6.07 Å². The van der Waals surface area contributed by atoms with E-state index in [2.05, 4.69) is 23.1 Å².